The van der Waals surface area contributed by atoms with Crippen LogP contribution in [0.4, 0.5) is 5.69 Å². The number of carbonyl (C=O) groups is 2. The number of benzene rings is 2. The summed E-state index contributed by atoms with van der Waals surface area (Å²) in [6.07, 6.45) is 1.44. The number of carbonyl (C=O) groups excluding carboxylic acids is 2. The number of nitrogens with one attached hydrogen (secondary N) is 1. The molecule has 2 rings (SSSR count). The van der Waals surface area contributed by atoms with E-state index in [9.17, 15) is 9.59 Å². The first-order valence-corrected chi connectivity index (χ1v) is 8.10. The SMILES string of the molecule is CCCC(C)(N)C(=O)Nc1ccc(Oc2cccc(C(N)=O)c2)cc1.Cl. The van der Waals surface area contributed by atoms with Crippen molar-refractivity contribution in [3.05, 3.63) is 54.1 Å². The van der Waals surface area contributed by atoms with Gasteiger partial charge in [0, 0.05) is 11.3 Å². The van der Waals surface area contributed by atoms with E-state index in [4.69, 9.17) is 16.2 Å². The fraction of sp³-hybridized carbons (Fsp3) is 0.263. The average molecular weight is 378 g/mol. The number of halogens is 1. The van der Waals surface area contributed by atoms with Crippen LogP contribution in [-0.2, 0) is 4.79 Å². The maximum absolute atomic E-state index is 12.2. The molecule has 0 aliphatic rings. The van der Waals surface area contributed by atoms with Crippen molar-refractivity contribution in [2.45, 2.75) is 32.2 Å². The summed E-state index contributed by atoms with van der Waals surface area (Å²) in [5.74, 6) is 0.340. The van der Waals surface area contributed by atoms with E-state index in [0.717, 1.165) is 6.42 Å². The van der Waals surface area contributed by atoms with Crippen LogP contribution in [0.1, 0.15) is 37.0 Å². The first-order chi connectivity index (χ1) is 11.8. The van der Waals surface area contributed by atoms with E-state index in [1.807, 2.05) is 6.92 Å². The van der Waals surface area contributed by atoms with E-state index in [0.29, 0.717) is 29.2 Å². The second kappa shape index (κ2) is 9.22. The van der Waals surface area contributed by atoms with Gasteiger partial charge in [0.2, 0.25) is 11.8 Å². The summed E-state index contributed by atoms with van der Waals surface area (Å²) >= 11 is 0. The van der Waals surface area contributed by atoms with Crippen LogP contribution in [-0.4, -0.2) is 17.4 Å². The van der Waals surface area contributed by atoms with Gasteiger partial charge in [0.05, 0.1) is 5.54 Å². The van der Waals surface area contributed by atoms with Crippen LogP contribution in [0.2, 0.25) is 0 Å². The normalized spacial score (nSPS) is 12.4. The zero-order valence-electron chi connectivity index (χ0n) is 14.8. The molecule has 0 spiro atoms. The molecule has 2 aromatic rings. The van der Waals surface area contributed by atoms with Crippen LogP contribution in [0.25, 0.3) is 0 Å². The fourth-order valence-electron chi connectivity index (χ4n) is 2.36. The second-order valence-electron chi connectivity index (χ2n) is 6.14. The highest BCUT2D eigenvalue weighted by molar-refractivity contribution is 5.97. The minimum atomic E-state index is -0.904. The van der Waals surface area contributed by atoms with Crippen LogP contribution >= 0.6 is 12.4 Å². The molecule has 0 radical (unpaired) electrons. The number of amides is 2. The molecule has 0 aliphatic heterocycles. The zero-order chi connectivity index (χ0) is 18.4. The molecule has 0 aliphatic carbocycles. The maximum atomic E-state index is 12.2. The van der Waals surface area contributed by atoms with E-state index in [1.54, 1.807) is 55.5 Å². The number of anilines is 1. The predicted molar refractivity (Wildman–Crippen MR) is 105 cm³/mol. The number of primary amides is 1. The Hall–Kier alpha value is -2.57. The number of hydrogen-bond donors (Lipinski definition) is 3. The van der Waals surface area contributed by atoms with Gasteiger partial charge < -0.3 is 21.5 Å². The zero-order valence-corrected chi connectivity index (χ0v) is 15.6. The summed E-state index contributed by atoms with van der Waals surface area (Å²) < 4.78 is 5.69. The van der Waals surface area contributed by atoms with Crippen molar-refractivity contribution >= 4 is 29.9 Å². The molecule has 7 heteroatoms. The van der Waals surface area contributed by atoms with Crippen LogP contribution in [0, 0.1) is 0 Å². The van der Waals surface area contributed by atoms with Crippen molar-refractivity contribution in [3.63, 3.8) is 0 Å². The molecule has 0 fully saturated rings. The Morgan fingerprint density at radius 3 is 2.35 bits per heavy atom. The number of nitrogens with two attached hydrogens (primary N) is 2. The van der Waals surface area contributed by atoms with Gasteiger partial charge in [0.1, 0.15) is 11.5 Å². The summed E-state index contributed by atoms with van der Waals surface area (Å²) in [7, 11) is 0. The molecule has 5 N–H and O–H groups in total. The lowest BCUT2D eigenvalue weighted by atomic mass is 9.96. The van der Waals surface area contributed by atoms with Gasteiger partial charge in [0.15, 0.2) is 0 Å². The number of rotatable bonds is 7. The summed E-state index contributed by atoms with van der Waals surface area (Å²) in [4.78, 5) is 23.4. The third-order valence-corrected chi connectivity index (χ3v) is 3.75. The molecule has 2 aromatic carbocycles. The van der Waals surface area contributed by atoms with Crippen molar-refractivity contribution < 1.29 is 14.3 Å². The largest absolute Gasteiger partial charge is 0.457 e. The highest BCUT2D eigenvalue weighted by Crippen LogP contribution is 2.24. The maximum Gasteiger partial charge on any atom is 0.248 e. The summed E-state index contributed by atoms with van der Waals surface area (Å²) in [5.41, 5.74) is 11.4. The van der Waals surface area contributed by atoms with Gasteiger partial charge in [-0.25, -0.2) is 0 Å². The average Bonchev–Trinajstić information content (AvgIpc) is 2.57. The smallest absolute Gasteiger partial charge is 0.248 e. The summed E-state index contributed by atoms with van der Waals surface area (Å²) in [6, 6.07) is 13.5. The van der Waals surface area contributed by atoms with E-state index in [2.05, 4.69) is 5.32 Å². The van der Waals surface area contributed by atoms with Gasteiger partial charge in [0.25, 0.3) is 0 Å². The third kappa shape index (κ3) is 5.75. The van der Waals surface area contributed by atoms with Crippen molar-refractivity contribution in [2.75, 3.05) is 5.32 Å². The molecule has 140 valence electrons. The van der Waals surface area contributed by atoms with Crippen molar-refractivity contribution in [1.29, 1.82) is 0 Å². The van der Waals surface area contributed by atoms with Gasteiger partial charge in [-0.1, -0.05) is 19.4 Å². The summed E-state index contributed by atoms with van der Waals surface area (Å²) in [6.45, 7) is 3.70. The van der Waals surface area contributed by atoms with Gasteiger partial charge >= 0.3 is 0 Å². The van der Waals surface area contributed by atoms with Gasteiger partial charge in [-0.05, 0) is 55.8 Å². The van der Waals surface area contributed by atoms with E-state index in [-0.39, 0.29) is 18.3 Å². The van der Waals surface area contributed by atoms with Crippen LogP contribution in [0.5, 0.6) is 11.5 Å². The van der Waals surface area contributed by atoms with E-state index >= 15 is 0 Å². The minimum absolute atomic E-state index is 0. The Morgan fingerprint density at radius 1 is 1.12 bits per heavy atom. The molecule has 0 bridgehead atoms. The first kappa shape index (κ1) is 21.5. The summed E-state index contributed by atoms with van der Waals surface area (Å²) in [5, 5.41) is 2.80. The van der Waals surface area contributed by atoms with Crippen molar-refractivity contribution in [2.24, 2.45) is 11.5 Å². The molecular weight excluding hydrogens is 354 g/mol. The van der Waals surface area contributed by atoms with E-state index in [1.165, 1.54) is 0 Å². The van der Waals surface area contributed by atoms with Crippen LogP contribution in [0.3, 0.4) is 0 Å². The van der Waals surface area contributed by atoms with Gasteiger partial charge in [-0.15, -0.1) is 12.4 Å². The Bertz CT molecular complexity index is 761. The molecule has 2 amide bonds. The molecule has 1 unspecified atom stereocenters. The lowest BCUT2D eigenvalue weighted by molar-refractivity contribution is -0.120. The molecule has 0 saturated heterocycles. The predicted octanol–water partition coefficient (Wildman–Crippen LogP) is 3.46. The van der Waals surface area contributed by atoms with E-state index < -0.39 is 11.4 Å². The highest BCUT2D eigenvalue weighted by Gasteiger charge is 2.27. The fourth-order valence-corrected chi connectivity index (χ4v) is 2.36. The standard InChI is InChI=1S/C19H23N3O3.ClH/c1-3-11-19(2,21)18(24)22-14-7-9-15(10-8-14)25-16-6-4-5-13(12-16)17(20)23;/h4-10,12H,3,11,21H2,1-2H3,(H2,20,23)(H,22,24);1H. The first-order valence-electron chi connectivity index (χ1n) is 8.10. The van der Waals surface area contributed by atoms with Crippen LogP contribution in [0.15, 0.2) is 48.5 Å². The number of hydrogen-bond acceptors (Lipinski definition) is 4. The Balaban J connectivity index is 0.00000338. The second-order valence-corrected chi connectivity index (χ2v) is 6.14. The lowest BCUT2D eigenvalue weighted by Gasteiger charge is -2.22. The van der Waals surface area contributed by atoms with Gasteiger partial charge in [-0.3, -0.25) is 9.59 Å². The van der Waals surface area contributed by atoms with Crippen molar-refractivity contribution in [1.82, 2.24) is 0 Å². The highest BCUT2D eigenvalue weighted by atomic mass is 35.5. The monoisotopic (exact) mass is 377 g/mol. The Kier molecular flexibility index (Phi) is 7.61. The molecule has 1 atom stereocenters. The Morgan fingerprint density at radius 2 is 1.77 bits per heavy atom. The molecule has 26 heavy (non-hydrogen) atoms. The molecule has 0 heterocycles. The van der Waals surface area contributed by atoms with Gasteiger partial charge in [-0.2, -0.15) is 0 Å². The molecule has 0 aromatic heterocycles. The third-order valence-electron chi connectivity index (χ3n) is 3.75. The number of ether oxygens (including phenoxy) is 1. The topological polar surface area (TPSA) is 107 Å². The lowest BCUT2D eigenvalue weighted by Crippen LogP contribution is -2.48. The quantitative estimate of drug-likeness (QED) is 0.686. The molecule has 6 nitrogen and oxygen atoms in total. The minimum Gasteiger partial charge on any atom is -0.457 e. The molecular formula is C19H24ClN3O3. The molecule has 0 saturated carbocycles. The Labute approximate surface area is 159 Å². The van der Waals surface area contributed by atoms with Crippen LogP contribution < -0.4 is 21.5 Å². The van der Waals surface area contributed by atoms with Crippen molar-refractivity contribution in [3.8, 4) is 11.5 Å².